The zero-order valence-corrected chi connectivity index (χ0v) is 14.5. The maximum absolute atomic E-state index is 13.0. The van der Waals surface area contributed by atoms with Crippen molar-refractivity contribution in [3.8, 4) is 0 Å². The van der Waals surface area contributed by atoms with E-state index in [2.05, 4.69) is 5.32 Å². The van der Waals surface area contributed by atoms with Crippen LogP contribution in [0.4, 0.5) is 5.69 Å². The van der Waals surface area contributed by atoms with E-state index in [1.165, 1.54) is 0 Å². The number of nitrogens with zero attached hydrogens (tertiary/aromatic N) is 3. The van der Waals surface area contributed by atoms with Crippen LogP contribution in [-0.2, 0) is 4.79 Å². The summed E-state index contributed by atoms with van der Waals surface area (Å²) in [6.45, 7) is 3.45. The van der Waals surface area contributed by atoms with Gasteiger partial charge in [0.2, 0.25) is 5.91 Å². The second kappa shape index (κ2) is 7.21. The Labute approximate surface area is 143 Å². The molecule has 130 valence electrons. The quantitative estimate of drug-likeness (QED) is 0.890. The first-order chi connectivity index (χ1) is 11.6. The van der Waals surface area contributed by atoms with Gasteiger partial charge in [0.1, 0.15) is 6.04 Å². The van der Waals surface area contributed by atoms with Gasteiger partial charge >= 0.3 is 0 Å². The smallest absolute Gasteiger partial charge is 0.254 e. The molecule has 24 heavy (non-hydrogen) atoms. The molecular formula is C18H26N4O2. The van der Waals surface area contributed by atoms with Crippen molar-refractivity contribution in [3.05, 3.63) is 29.8 Å². The van der Waals surface area contributed by atoms with E-state index >= 15 is 0 Å². The van der Waals surface area contributed by atoms with Crippen LogP contribution in [-0.4, -0.2) is 74.5 Å². The molecule has 0 radical (unpaired) electrons. The summed E-state index contributed by atoms with van der Waals surface area (Å²) in [7, 11) is 3.90. The summed E-state index contributed by atoms with van der Waals surface area (Å²) in [6, 6.07) is 7.19. The van der Waals surface area contributed by atoms with Gasteiger partial charge in [-0.3, -0.25) is 9.59 Å². The fourth-order valence-electron chi connectivity index (χ4n) is 3.40. The molecule has 1 atom stereocenters. The van der Waals surface area contributed by atoms with Crippen molar-refractivity contribution in [2.45, 2.75) is 18.9 Å². The lowest BCUT2D eigenvalue weighted by molar-refractivity contribution is -0.135. The zero-order chi connectivity index (χ0) is 17.1. The molecule has 0 aliphatic carbocycles. The fourth-order valence-corrected chi connectivity index (χ4v) is 3.40. The van der Waals surface area contributed by atoms with Gasteiger partial charge < -0.3 is 20.0 Å². The van der Waals surface area contributed by atoms with Crippen LogP contribution in [0.2, 0.25) is 0 Å². The largest absolute Gasteiger partial charge is 0.378 e. The lowest BCUT2D eigenvalue weighted by Crippen LogP contribution is -2.59. The van der Waals surface area contributed by atoms with Gasteiger partial charge in [0.25, 0.3) is 5.91 Å². The van der Waals surface area contributed by atoms with Crippen molar-refractivity contribution in [2.24, 2.45) is 0 Å². The van der Waals surface area contributed by atoms with Crippen LogP contribution < -0.4 is 10.2 Å². The van der Waals surface area contributed by atoms with Gasteiger partial charge in [0.05, 0.1) is 0 Å². The SMILES string of the molecule is CN(C)c1cccc(C(=O)N2CCNC[C@H]2C(=O)N2CCCC2)c1. The molecule has 2 heterocycles. The number of carbonyl (C=O) groups excluding carboxylic acids is 2. The molecule has 2 fully saturated rings. The Balaban J connectivity index is 1.80. The number of rotatable bonds is 3. The number of piperazine rings is 1. The number of likely N-dealkylation sites (tertiary alicyclic amines) is 1. The minimum atomic E-state index is -0.396. The lowest BCUT2D eigenvalue weighted by atomic mass is 10.1. The Hall–Kier alpha value is -2.08. The van der Waals surface area contributed by atoms with E-state index in [1.54, 1.807) is 4.90 Å². The number of anilines is 1. The molecule has 0 saturated carbocycles. The summed E-state index contributed by atoms with van der Waals surface area (Å²) in [4.78, 5) is 31.4. The maximum Gasteiger partial charge on any atom is 0.254 e. The summed E-state index contributed by atoms with van der Waals surface area (Å²) in [5.74, 6) is 0.0227. The van der Waals surface area contributed by atoms with E-state index in [0.29, 0.717) is 18.7 Å². The van der Waals surface area contributed by atoms with E-state index in [9.17, 15) is 9.59 Å². The molecule has 6 nitrogen and oxygen atoms in total. The second-order valence-corrected chi connectivity index (χ2v) is 6.70. The Morgan fingerprint density at radius 2 is 1.92 bits per heavy atom. The molecule has 1 aromatic rings. The van der Waals surface area contributed by atoms with Crippen molar-refractivity contribution in [2.75, 3.05) is 51.7 Å². The van der Waals surface area contributed by atoms with Crippen molar-refractivity contribution in [1.82, 2.24) is 15.1 Å². The fraction of sp³-hybridized carbons (Fsp3) is 0.556. The highest BCUT2D eigenvalue weighted by atomic mass is 16.2. The van der Waals surface area contributed by atoms with Crippen molar-refractivity contribution >= 4 is 17.5 Å². The molecule has 0 bridgehead atoms. The standard InChI is InChI=1S/C18H26N4O2/c1-20(2)15-7-5-6-14(12-15)17(23)22-11-8-19-13-16(22)18(24)21-9-3-4-10-21/h5-7,12,16,19H,3-4,8-11,13H2,1-2H3/t16-/m0/s1. The van der Waals surface area contributed by atoms with E-state index in [4.69, 9.17) is 0 Å². The van der Waals surface area contributed by atoms with Crippen LogP contribution in [0, 0.1) is 0 Å². The number of hydrogen-bond donors (Lipinski definition) is 1. The van der Waals surface area contributed by atoms with Crippen LogP contribution >= 0.6 is 0 Å². The van der Waals surface area contributed by atoms with Crippen LogP contribution in [0.5, 0.6) is 0 Å². The van der Waals surface area contributed by atoms with E-state index in [-0.39, 0.29) is 11.8 Å². The Morgan fingerprint density at radius 3 is 2.62 bits per heavy atom. The molecule has 2 saturated heterocycles. The van der Waals surface area contributed by atoms with Gasteiger partial charge in [-0.15, -0.1) is 0 Å². The van der Waals surface area contributed by atoms with Crippen LogP contribution in [0.3, 0.4) is 0 Å². The highest BCUT2D eigenvalue weighted by molar-refractivity contribution is 5.98. The maximum atomic E-state index is 13.0. The van der Waals surface area contributed by atoms with Crippen molar-refractivity contribution < 1.29 is 9.59 Å². The molecule has 2 aliphatic rings. The molecule has 1 aromatic carbocycles. The molecule has 1 N–H and O–H groups in total. The Kier molecular flexibility index (Phi) is 5.04. The number of nitrogens with one attached hydrogen (secondary N) is 1. The van der Waals surface area contributed by atoms with Gasteiger partial charge in [-0.2, -0.15) is 0 Å². The molecule has 2 amide bonds. The Morgan fingerprint density at radius 1 is 1.17 bits per heavy atom. The lowest BCUT2D eigenvalue weighted by Gasteiger charge is -2.37. The monoisotopic (exact) mass is 330 g/mol. The molecule has 0 aromatic heterocycles. The zero-order valence-electron chi connectivity index (χ0n) is 14.5. The first-order valence-electron chi connectivity index (χ1n) is 8.66. The predicted octanol–water partition coefficient (Wildman–Crippen LogP) is 0.789. The van der Waals surface area contributed by atoms with E-state index in [1.807, 2.05) is 48.2 Å². The average Bonchev–Trinajstić information content (AvgIpc) is 3.15. The Bertz CT molecular complexity index is 611. The van der Waals surface area contributed by atoms with Gasteiger partial charge in [-0.25, -0.2) is 0 Å². The number of benzene rings is 1. The van der Waals surface area contributed by atoms with Crippen LogP contribution in [0.25, 0.3) is 0 Å². The summed E-state index contributed by atoms with van der Waals surface area (Å²) in [5, 5.41) is 3.26. The first kappa shape index (κ1) is 16.8. The predicted molar refractivity (Wildman–Crippen MR) is 94.3 cm³/mol. The minimum Gasteiger partial charge on any atom is -0.378 e. The number of hydrogen-bond acceptors (Lipinski definition) is 4. The van der Waals surface area contributed by atoms with Gasteiger partial charge in [-0.05, 0) is 31.0 Å². The molecule has 6 heteroatoms. The van der Waals surface area contributed by atoms with E-state index < -0.39 is 6.04 Å². The van der Waals surface area contributed by atoms with Gasteiger partial charge in [0.15, 0.2) is 0 Å². The third kappa shape index (κ3) is 3.38. The summed E-state index contributed by atoms with van der Waals surface area (Å²) in [6.07, 6.45) is 2.12. The third-order valence-electron chi connectivity index (χ3n) is 4.82. The van der Waals surface area contributed by atoms with Crippen molar-refractivity contribution in [3.63, 3.8) is 0 Å². The molecule has 3 rings (SSSR count). The molecular weight excluding hydrogens is 304 g/mol. The van der Waals surface area contributed by atoms with Crippen molar-refractivity contribution in [1.29, 1.82) is 0 Å². The summed E-state index contributed by atoms with van der Waals surface area (Å²) >= 11 is 0. The highest BCUT2D eigenvalue weighted by Gasteiger charge is 2.35. The molecule has 0 unspecified atom stereocenters. The van der Waals surface area contributed by atoms with Crippen LogP contribution in [0.15, 0.2) is 24.3 Å². The average molecular weight is 330 g/mol. The number of carbonyl (C=O) groups is 2. The topological polar surface area (TPSA) is 55.9 Å². The van der Waals surface area contributed by atoms with Gasteiger partial charge in [0, 0.05) is 58.1 Å². The van der Waals surface area contributed by atoms with Gasteiger partial charge in [-0.1, -0.05) is 6.07 Å². The second-order valence-electron chi connectivity index (χ2n) is 6.70. The normalized spacial score (nSPS) is 21.0. The molecule has 2 aliphatic heterocycles. The third-order valence-corrected chi connectivity index (χ3v) is 4.82. The summed E-state index contributed by atoms with van der Waals surface area (Å²) < 4.78 is 0. The number of amides is 2. The van der Waals surface area contributed by atoms with E-state index in [0.717, 1.165) is 38.2 Å². The minimum absolute atomic E-state index is 0.0576. The summed E-state index contributed by atoms with van der Waals surface area (Å²) in [5.41, 5.74) is 1.63. The highest BCUT2D eigenvalue weighted by Crippen LogP contribution is 2.19. The first-order valence-corrected chi connectivity index (χ1v) is 8.66. The van der Waals surface area contributed by atoms with Crippen LogP contribution in [0.1, 0.15) is 23.2 Å². The molecule has 0 spiro atoms.